The normalized spacial score (nSPS) is 18.3. The summed E-state index contributed by atoms with van der Waals surface area (Å²) < 4.78 is 5.90. The van der Waals surface area contributed by atoms with Crippen molar-refractivity contribution in [3.05, 3.63) is 52.7 Å². The summed E-state index contributed by atoms with van der Waals surface area (Å²) in [6, 6.07) is 7.14. The van der Waals surface area contributed by atoms with Crippen molar-refractivity contribution in [3.8, 4) is 5.75 Å². The van der Waals surface area contributed by atoms with Gasteiger partial charge in [0.25, 0.3) is 0 Å². The van der Waals surface area contributed by atoms with E-state index in [0.717, 1.165) is 10.7 Å². The fourth-order valence-electron chi connectivity index (χ4n) is 2.75. The van der Waals surface area contributed by atoms with Crippen molar-refractivity contribution in [1.82, 2.24) is 4.90 Å². The van der Waals surface area contributed by atoms with Gasteiger partial charge in [-0.3, -0.25) is 0 Å². The van der Waals surface area contributed by atoms with Crippen LogP contribution in [-0.2, 0) is 4.79 Å². The number of aliphatic carboxylic acids is 1. The second-order valence-corrected chi connectivity index (χ2v) is 6.49. The molecule has 0 amide bonds. The highest BCUT2D eigenvalue weighted by Gasteiger charge is 2.38. The number of carboxylic acid groups (broad SMARTS) is 1. The average molecular weight is 403 g/mol. The SMILES string of the molecule is CC1=C(C(=O)O)C(c2ccccc2OC(C)C)N2C=CSC2=N1.Cl.Cl. The van der Waals surface area contributed by atoms with Gasteiger partial charge in [0.05, 0.1) is 23.4 Å². The Labute approximate surface area is 163 Å². The van der Waals surface area contributed by atoms with Gasteiger partial charge in [-0.05, 0) is 32.2 Å². The topological polar surface area (TPSA) is 62.1 Å². The van der Waals surface area contributed by atoms with Gasteiger partial charge in [-0.1, -0.05) is 30.0 Å². The van der Waals surface area contributed by atoms with Crippen molar-refractivity contribution in [2.24, 2.45) is 4.99 Å². The predicted octanol–water partition coefficient (Wildman–Crippen LogP) is 4.61. The van der Waals surface area contributed by atoms with Crippen LogP contribution in [0.15, 0.2) is 52.1 Å². The van der Waals surface area contributed by atoms with Crippen LogP contribution in [0.4, 0.5) is 0 Å². The quantitative estimate of drug-likeness (QED) is 0.796. The van der Waals surface area contributed by atoms with Crippen molar-refractivity contribution in [2.45, 2.75) is 32.9 Å². The zero-order chi connectivity index (χ0) is 16.6. The number of rotatable bonds is 4. The Morgan fingerprint density at radius 1 is 1.32 bits per heavy atom. The number of benzene rings is 1. The van der Waals surface area contributed by atoms with Crippen LogP contribution in [0.3, 0.4) is 0 Å². The molecular weight excluding hydrogens is 383 g/mol. The number of hydrogen-bond donors (Lipinski definition) is 1. The average Bonchev–Trinajstić information content (AvgIpc) is 2.93. The van der Waals surface area contributed by atoms with Crippen LogP contribution in [0, 0.1) is 0 Å². The van der Waals surface area contributed by atoms with Crippen LogP contribution < -0.4 is 4.74 Å². The molecule has 136 valence electrons. The minimum Gasteiger partial charge on any atom is -0.491 e. The Morgan fingerprint density at radius 2 is 2.00 bits per heavy atom. The Bertz CT molecular complexity index is 747. The van der Waals surface area contributed by atoms with E-state index in [1.54, 1.807) is 6.92 Å². The molecule has 5 nitrogen and oxygen atoms in total. The molecule has 0 saturated carbocycles. The lowest BCUT2D eigenvalue weighted by Crippen LogP contribution is -2.33. The summed E-state index contributed by atoms with van der Waals surface area (Å²) in [5.41, 5.74) is 1.64. The van der Waals surface area contributed by atoms with Gasteiger partial charge in [0.1, 0.15) is 5.75 Å². The lowest BCUT2D eigenvalue weighted by Gasteiger charge is -2.33. The minimum absolute atomic E-state index is 0. The number of para-hydroxylation sites is 1. The molecule has 0 aromatic heterocycles. The van der Waals surface area contributed by atoms with Crippen molar-refractivity contribution in [1.29, 1.82) is 0 Å². The number of nitrogens with zero attached hydrogens (tertiary/aromatic N) is 2. The molecule has 1 unspecified atom stereocenters. The molecule has 8 heteroatoms. The summed E-state index contributed by atoms with van der Waals surface area (Å²) in [5, 5.41) is 12.4. The van der Waals surface area contributed by atoms with Gasteiger partial charge in [0.2, 0.25) is 0 Å². The number of ether oxygens (including phenoxy) is 1. The Hall–Kier alpha value is -1.63. The lowest BCUT2D eigenvalue weighted by molar-refractivity contribution is -0.133. The molecule has 3 rings (SSSR count). The molecule has 0 saturated heterocycles. The van der Waals surface area contributed by atoms with Crippen molar-refractivity contribution >= 4 is 47.7 Å². The lowest BCUT2D eigenvalue weighted by atomic mass is 9.94. The molecule has 0 fully saturated rings. The second kappa shape index (κ2) is 8.65. The number of halogens is 2. The highest BCUT2D eigenvalue weighted by atomic mass is 35.5. The van der Waals surface area contributed by atoms with Crippen LogP contribution in [0.25, 0.3) is 0 Å². The van der Waals surface area contributed by atoms with E-state index in [4.69, 9.17) is 4.74 Å². The number of hydrogen-bond acceptors (Lipinski definition) is 5. The Morgan fingerprint density at radius 3 is 2.64 bits per heavy atom. The molecule has 0 bridgehead atoms. The smallest absolute Gasteiger partial charge is 0.335 e. The monoisotopic (exact) mass is 402 g/mol. The molecule has 0 aliphatic carbocycles. The Kier molecular flexibility index (Phi) is 7.41. The van der Waals surface area contributed by atoms with Gasteiger partial charge in [0.15, 0.2) is 5.17 Å². The van der Waals surface area contributed by atoms with E-state index in [2.05, 4.69) is 4.99 Å². The molecule has 1 aromatic carbocycles. The van der Waals surface area contributed by atoms with Crippen molar-refractivity contribution < 1.29 is 14.6 Å². The summed E-state index contributed by atoms with van der Waals surface area (Å²) in [7, 11) is 0. The van der Waals surface area contributed by atoms with E-state index < -0.39 is 12.0 Å². The molecular formula is C17H20Cl2N2O3S. The summed E-state index contributed by atoms with van der Waals surface area (Å²) in [6.45, 7) is 5.65. The first-order valence-electron chi connectivity index (χ1n) is 7.39. The molecule has 2 aliphatic heterocycles. The highest BCUT2D eigenvalue weighted by Crippen LogP contribution is 2.43. The first-order valence-corrected chi connectivity index (χ1v) is 8.27. The second-order valence-electron chi connectivity index (χ2n) is 5.62. The molecule has 0 radical (unpaired) electrons. The number of thioether (sulfide) groups is 1. The number of aliphatic imine (C=N–C) groups is 1. The maximum atomic E-state index is 11.8. The molecule has 2 aliphatic rings. The maximum Gasteiger partial charge on any atom is 0.335 e. The number of fused-ring (bicyclic) bond motifs is 1. The third-order valence-electron chi connectivity index (χ3n) is 3.63. The van der Waals surface area contributed by atoms with Crippen LogP contribution in [-0.4, -0.2) is 27.2 Å². The van der Waals surface area contributed by atoms with Gasteiger partial charge in [0, 0.05) is 11.8 Å². The first kappa shape index (κ1) is 21.4. The van der Waals surface area contributed by atoms with Crippen molar-refractivity contribution in [3.63, 3.8) is 0 Å². The fourth-order valence-corrected chi connectivity index (χ4v) is 3.54. The van der Waals surface area contributed by atoms with Crippen LogP contribution in [0.1, 0.15) is 32.4 Å². The van der Waals surface area contributed by atoms with Crippen LogP contribution >= 0.6 is 36.6 Å². The summed E-state index contributed by atoms with van der Waals surface area (Å²) in [6.07, 6.45) is 1.88. The fraction of sp³-hybridized carbons (Fsp3) is 0.294. The van der Waals surface area contributed by atoms with E-state index in [9.17, 15) is 9.90 Å². The van der Waals surface area contributed by atoms with E-state index in [-0.39, 0.29) is 36.5 Å². The number of carbonyl (C=O) groups is 1. The number of amidine groups is 1. The summed E-state index contributed by atoms with van der Waals surface area (Å²) in [5.74, 6) is -0.259. The van der Waals surface area contributed by atoms with E-state index in [1.165, 1.54) is 11.8 Å². The van der Waals surface area contributed by atoms with Gasteiger partial charge in [-0.2, -0.15) is 0 Å². The maximum absolute atomic E-state index is 11.8. The van der Waals surface area contributed by atoms with E-state index in [0.29, 0.717) is 11.4 Å². The van der Waals surface area contributed by atoms with Crippen LogP contribution in [0.5, 0.6) is 5.75 Å². The molecule has 1 N–H and O–H groups in total. The molecule has 1 atom stereocenters. The summed E-state index contributed by atoms with van der Waals surface area (Å²) in [4.78, 5) is 18.2. The van der Waals surface area contributed by atoms with Gasteiger partial charge >= 0.3 is 5.97 Å². The van der Waals surface area contributed by atoms with Gasteiger partial charge < -0.3 is 14.7 Å². The molecule has 25 heavy (non-hydrogen) atoms. The van der Waals surface area contributed by atoms with Crippen LogP contribution in [0.2, 0.25) is 0 Å². The summed E-state index contributed by atoms with van der Waals surface area (Å²) >= 11 is 1.49. The number of allylic oxidation sites excluding steroid dienone is 1. The molecule has 1 aromatic rings. The zero-order valence-corrected chi connectivity index (χ0v) is 16.5. The van der Waals surface area contributed by atoms with Crippen molar-refractivity contribution in [2.75, 3.05) is 0 Å². The molecule has 2 heterocycles. The largest absolute Gasteiger partial charge is 0.491 e. The highest BCUT2D eigenvalue weighted by molar-refractivity contribution is 8.16. The zero-order valence-electron chi connectivity index (χ0n) is 14.0. The standard InChI is InChI=1S/C17H18N2O3S.2ClH/c1-10(2)22-13-7-5-4-6-12(13)15-14(16(20)21)11(3)18-17-19(15)8-9-23-17;;/h4-10,15H,1-3H3,(H,20,21);2*1H. The number of carboxylic acids is 1. The predicted molar refractivity (Wildman–Crippen MR) is 106 cm³/mol. The Balaban J connectivity index is 0.00000156. The third kappa shape index (κ3) is 4.14. The van der Waals surface area contributed by atoms with E-state index >= 15 is 0 Å². The van der Waals surface area contributed by atoms with Gasteiger partial charge in [-0.15, -0.1) is 24.8 Å². The van der Waals surface area contributed by atoms with Gasteiger partial charge in [-0.25, -0.2) is 9.79 Å². The first-order chi connectivity index (χ1) is 11.0. The third-order valence-corrected chi connectivity index (χ3v) is 4.40. The molecule has 0 spiro atoms. The van der Waals surface area contributed by atoms with E-state index in [1.807, 2.05) is 54.6 Å². The minimum atomic E-state index is -0.958.